The molecule has 1 N–H and O–H groups in total. The van der Waals surface area contributed by atoms with E-state index in [1.807, 2.05) is 35.2 Å². The van der Waals surface area contributed by atoms with Crippen LogP contribution in [0.5, 0.6) is 0 Å². The van der Waals surface area contributed by atoms with Crippen LogP contribution in [0.2, 0.25) is 0 Å². The van der Waals surface area contributed by atoms with Gasteiger partial charge in [0.05, 0.1) is 0 Å². The number of piperidine rings is 1. The van der Waals surface area contributed by atoms with Crippen molar-refractivity contribution in [1.29, 1.82) is 0 Å². The van der Waals surface area contributed by atoms with Crippen molar-refractivity contribution in [3.8, 4) is 0 Å². The molecule has 178 valence electrons. The minimum atomic E-state index is -0.929. The number of imide groups is 1. The van der Waals surface area contributed by atoms with Gasteiger partial charge in [-0.25, -0.2) is 4.79 Å². The second kappa shape index (κ2) is 8.75. The summed E-state index contributed by atoms with van der Waals surface area (Å²) in [6, 6.07) is 9.72. The Kier molecular flexibility index (Phi) is 5.93. The number of benzene rings is 1. The largest absolute Gasteiger partial charge is 0.342 e. The quantitative estimate of drug-likeness (QED) is 0.646. The Balaban J connectivity index is 1.33. The third-order valence-corrected chi connectivity index (χ3v) is 8.36. The zero-order valence-electron chi connectivity index (χ0n) is 19.7. The van der Waals surface area contributed by atoms with E-state index < -0.39 is 5.54 Å². The maximum atomic E-state index is 13.9. The van der Waals surface area contributed by atoms with E-state index in [0.717, 1.165) is 50.9 Å². The summed E-state index contributed by atoms with van der Waals surface area (Å²) < 4.78 is 0. The van der Waals surface area contributed by atoms with E-state index >= 15 is 0 Å². The van der Waals surface area contributed by atoms with Gasteiger partial charge in [-0.3, -0.25) is 14.5 Å². The van der Waals surface area contributed by atoms with Crippen molar-refractivity contribution >= 4 is 17.8 Å². The Morgan fingerprint density at radius 1 is 1.00 bits per heavy atom. The van der Waals surface area contributed by atoms with Crippen molar-refractivity contribution in [2.45, 2.75) is 57.4 Å². The zero-order chi connectivity index (χ0) is 23.1. The van der Waals surface area contributed by atoms with Gasteiger partial charge in [0, 0.05) is 38.0 Å². The first-order chi connectivity index (χ1) is 15.9. The molecule has 4 fully saturated rings. The molecule has 0 aromatic heterocycles. The van der Waals surface area contributed by atoms with E-state index in [4.69, 9.17) is 0 Å². The van der Waals surface area contributed by atoms with E-state index in [-0.39, 0.29) is 29.2 Å². The molecule has 3 aliphatic heterocycles. The van der Waals surface area contributed by atoms with Crippen LogP contribution in [0.4, 0.5) is 4.79 Å². The lowest BCUT2D eigenvalue weighted by molar-refractivity contribution is -0.139. The van der Waals surface area contributed by atoms with Crippen molar-refractivity contribution in [1.82, 2.24) is 20.0 Å². The average molecular weight is 453 g/mol. The van der Waals surface area contributed by atoms with Crippen LogP contribution in [-0.4, -0.2) is 77.4 Å². The van der Waals surface area contributed by atoms with E-state index in [1.54, 1.807) is 0 Å². The standard InChI is InChI=1S/C26H36N4O3/c1-25(11-12-25)22(31)29-15-9-21(10-16-29)26(19-20-7-3-2-4-8-20)23(32)30(24(33)27-26)18-17-28-13-5-6-14-28/h2-4,7-8,21H,5-6,9-19H2,1H3,(H,27,33)/t26-/m1/s1. The molecule has 7 nitrogen and oxygen atoms in total. The van der Waals surface area contributed by atoms with Crippen LogP contribution in [0.1, 0.15) is 51.0 Å². The molecule has 0 bridgehead atoms. The summed E-state index contributed by atoms with van der Waals surface area (Å²) in [5, 5.41) is 3.16. The summed E-state index contributed by atoms with van der Waals surface area (Å²) in [5.74, 6) is 0.184. The third kappa shape index (κ3) is 4.27. The van der Waals surface area contributed by atoms with Crippen LogP contribution in [0.25, 0.3) is 0 Å². The molecule has 7 heteroatoms. The number of hydrogen-bond donors (Lipinski definition) is 1. The highest BCUT2D eigenvalue weighted by Crippen LogP contribution is 2.47. The summed E-state index contributed by atoms with van der Waals surface area (Å²) in [6.45, 7) is 6.65. The topological polar surface area (TPSA) is 73.0 Å². The maximum absolute atomic E-state index is 13.9. The fraction of sp³-hybridized carbons (Fsp3) is 0.654. The molecule has 1 aliphatic carbocycles. The first-order valence-corrected chi connectivity index (χ1v) is 12.6. The van der Waals surface area contributed by atoms with Gasteiger partial charge in [0.1, 0.15) is 5.54 Å². The molecule has 4 amide bonds. The second-order valence-corrected chi connectivity index (χ2v) is 10.7. The Morgan fingerprint density at radius 2 is 1.67 bits per heavy atom. The van der Waals surface area contributed by atoms with Gasteiger partial charge in [-0.05, 0) is 63.1 Å². The number of hydrogen-bond acceptors (Lipinski definition) is 4. The van der Waals surface area contributed by atoms with Crippen LogP contribution in [0, 0.1) is 11.3 Å². The van der Waals surface area contributed by atoms with Gasteiger partial charge in [0.15, 0.2) is 0 Å². The summed E-state index contributed by atoms with van der Waals surface area (Å²) in [7, 11) is 0. The Morgan fingerprint density at radius 3 is 2.30 bits per heavy atom. The van der Waals surface area contributed by atoms with Gasteiger partial charge in [-0.15, -0.1) is 0 Å². The zero-order valence-corrected chi connectivity index (χ0v) is 19.7. The summed E-state index contributed by atoms with van der Waals surface area (Å²) >= 11 is 0. The second-order valence-electron chi connectivity index (χ2n) is 10.7. The van der Waals surface area contributed by atoms with Gasteiger partial charge in [0.2, 0.25) is 5.91 Å². The summed E-state index contributed by atoms with van der Waals surface area (Å²) in [4.78, 5) is 45.5. The molecule has 1 saturated carbocycles. The number of nitrogens with one attached hydrogen (secondary N) is 1. The maximum Gasteiger partial charge on any atom is 0.325 e. The van der Waals surface area contributed by atoms with E-state index in [9.17, 15) is 14.4 Å². The number of carbonyl (C=O) groups excluding carboxylic acids is 3. The van der Waals surface area contributed by atoms with Crippen molar-refractivity contribution in [3.05, 3.63) is 35.9 Å². The van der Waals surface area contributed by atoms with Crippen LogP contribution < -0.4 is 5.32 Å². The van der Waals surface area contributed by atoms with Crippen LogP contribution in [0.15, 0.2) is 30.3 Å². The molecule has 3 saturated heterocycles. The average Bonchev–Trinajstić information content (AvgIpc) is 3.26. The lowest BCUT2D eigenvalue weighted by Crippen LogP contribution is -2.58. The van der Waals surface area contributed by atoms with Gasteiger partial charge in [-0.1, -0.05) is 37.3 Å². The highest BCUT2D eigenvalue weighted by Gasteiger charge is 2.56. The molecule has 3 heterocycles. The number of urea groups is 1. The summed E-state index contributed by atoms with van der Waals surface area (Å²) in [5.41, 5.74) is -0.0445. The highest BCUT2D eigenvalue weighted by molar-refractivity contribution is 6.07. The molecule has 1 aromatic rings. The first kappa shape index (κ1) is 22.4. The van der Waals surface area contributed by atoms with Crippen molar-refractivity contribution in [2.75, 3.05) is 39.3 Å². The monoisotopic (exact) mass is 452 g/mol. The predicted molar refractivity (Wildman–Crippen MR) is 125 cm³/mol. The lowest BCUT2D eigenvalue weighted by Gasteiger charge is -2.41. The van der Waals surface area contributed by atoms with Crippen LogP contribution >= 0.6 is 0 Å². The first-order valence-electron chi connectivity index (χ1n) is 12.6. The normalized spacial score (nSPS) is 27.8. The molecule has 1 atom stereocenters. The van der Waals surface area contributed by atoms with Crippen LogP contribution in [-0.2, 0) is 16.0 Å². The fourth-order valence-electron chi connectivity index (χ4n) is 5.91. The fourth-order valence-corrected chi connectivity index (χ4v) is 5.91. The Hall–Kier alpha value is -2.41. The predicted octanol–water partition coefficient (Wildman–Crippen LogP) is 2.65. The third-order valence-electron chi connectivity index (χ3n) is 8.36. The molecule has 1 aromatic carbocycles. The van der Waals surface area contributed by atoms with Crippen molar-refractivity contribution in [3.63, 3.8) is 0 Å². The van der Waals surface area contributed by atoms with Gasteiger partial charge in [-0.2, -0.15) is 0 Å². The smallest absolute Gasteiger partial charge is 0.325 e. The molecule has 0 unspecified atom stereocenters. The molecule has 5 rings (SSSR count). The molecule has 0 radical (unpaired) electrons. The Bertz CT molecular complexity index is 901. The SMILES string of the molecule is CC1(C(=O)N2CCC([C@@]3(Cc4ccccc4)NC(=O)N(CCN4CCCC4)C3=O)CC2)CC1. The minimum absolute atomic E-state index is 0.0157. The van der Waals surface area contributed by atoms with E-state index in [0.29, 0.717) is 26.1 Å². The number of amides is 4. The number of likely N-dealkylation sites (tertiary alicyclic amines) is 2. The molecule has 4 aliphatic rings. The molecular weight excluding hydrogens is 416 g/mol. The summed E-state index contributed by atoms with van der Waals surface area (Å²) in [6.07, 6.45) is 6.30. The number of rotatable bonds is 7. The van der Waals surface area contributed by atoms with E-state index in [2.05, 4.69) is 17.1 Å². The van der Waals surface area contributed by atoms with Crippen LogP contribution in [0.3, 0.4) is 0 Å². The number of carbonyl (C=O) groups is 3. The van der Waals surface area contributed by atoms with Gasteiger partial charge < -0.3 is 15.1 Å². The minimum Gasteiger partial charge on any atom is -0.342 e. The van der Waals surface area contributed by atoms with Crippen molar-refractivity contribution < 1.29 is 14.4 Å². The van der Waals surface area contributed by atoms with Gasteiger partial charge in [0.25, 0.3) is 5.91 Å². The lowest BCUT2D eigenvalue weighted by atomic mass is 9.73. The molecule has 33 heavy (non-hydrogen) atoms. The van der Waals surface area contributed by atoms with Gasteiger partial charge >= 0.3 is 6.03 Å². The molecular formula is C26H36N4O3. The molecule has 0 spiro atoms. The van der Waals surface area contributed by atoms with Crippen molar-refractivity contribution in [2.24, 2.45) is 11.3 Å². The number of nitrogens with zero attached hydrogens (tertiary/aromatic N) is 3. The van der Waals surface area contributed by atoms with E-state index in [1.165, 1.54) is 17.7 Å². The Labute approximate surface area is 196 Å². The highest BCUT2D eigenvalue weighted by atomic mass is 16.2.